The van der Waals surface area contributed by atoms with Crippen LogP contribution in [0.1, 0.15) is 12.5 Å². The lowest BCUT2D eigenvalue weighted by Crippen LogP contribution is -2.53. The highest BCUT2D eigenvalue weighted by molar-refractivity contribution is 5.94. The molecule has 0 bridgehead atoms. The van der Waals surface area contributed by atoms with Gasteiger partial charge >= 0.3 is 18.4 Å². The first-order valence-electron chi connectivity index (χ1n) is 10.1. The molecule has 1 fully saturated rings. The van der Waals surface area contributed by atoms with Crippen molar-refractivity contribution in [1.82, 2.24) is 4.90 Å². The van der Waals surface area contributed by atoms with Crippen molar-refractivity contribution in [1.29, 1.82) is 0 Å². The van der Waals surface area contributed by atoms with Crippen LogP contribution in [0.4, 0.5) is 32.4 Å². The van der Waals surface area contributed by atoms with E-state index in [1.54, 1.807) is 0 Å². The maximum absolute atomic E-state index is 14.3. The minimum Gasteiger partial charge on any atom is -0.487 e. The Morgan fingerprint density at radius 3 is 2.30 bits per heavy atom. The molecule has 6 nitrogen and oxygen atoms in total. The summed E-state index contributed by atoms with van der Waals surface area (Å²) in [6, 6.07) is 9.22. The molecule has 2 N–H and O–H groups in total. The van der Waals surface area contributed by atoms with Gasteiger partial charge in [0.1, 0.15) is 17.2 Å². The summed E-state index contributed by atoms with van der Waals surface area (Å²) in [5.74, 6) is -5.09. The first-order chi connectivity index (χ1) is 15.5. The van der Waals surface area contributed by atoms with Gasteiger partial charge in [0, 0.05) is 24.3 Å². The van der Waals surface area contributed by atoms with Crippen molar-refractivity contribution in [2.24, 2.45) is 0 Å². The molecule has 180 valence electrons. The number of anilines is 1. The summed E-state index contributed by atoms with van der Waals surface area (Å²) < 4.78 is 69.5. The van der Waals surface area contributed by atoms with Crippen molar-refractivity contribution in [3.63, 3.8) is 0 Å². The second kappa shape index (κ2) is 9.52. The highest BCUT2D eigenvalue weighted by Crippen LogP contribution is 2.33. The van der Waals surface area contributed by atoms with E-state index in [1.165, 1.54) is 59.2 Å². The van der Waals surface area contributed by atoms with E-state index in [0.717, 1.165) is 6.07 Å². The monoisotopic (exact) mass is 474 g/mol. The van der Waals surface area contributed by atoms with Crippen molar-refractivity contribution in [2.45, 2.75) is 30.9 Å². The number of alkyl halides is 4. The van der Waals surface area contributed by atoms with E-state index in [9.17, 15) is 37.0 Å². The zero-order chi connectivity index (χ0) is 24.4. The van der Waals surface area contributed by atoms with Crippen LogP contribution in [0.2, 0.25) is 0 Å². The summed E-state index contributed by atoms with van der Waals surface area (Å²) in [6.45, 7) is -0.465. The topological polar surface area (TPSA) is 73.2 Å². The summed E-state index contributed by atoms with van der Waals surface area (Å²) >= 11 is 0. The van der Waals surface area contributed by atoms with E-state index < -0.39 is 49.1 Å². The van der Waals surface area contributed by atoms with E-state index in [1.807, 2.05) is 0 Å². The first-order valence-corrected chi connectivity index (χ1v) is 10.1. The number of carbonyl (C=O) groups excluding carboxylic acids is 1. The average Bonchev–Trinajstić information content (AvgIpc) is 3.18. The van der Waals surface area contributed by atoms with Gasteiger partial charge in [-0.3, -0.25) is 4.90 Å². The van der Waals surface area contributed by atoms with E-state index in [-0.39, 0.29) is 24.4 Å². The third-order valence-corrected chi connectivity index (χ3v) is 5.68. The Hall–Kier alpha value is -2.92. The van der Waals surface area contributed by atoms with Crippen LogP contribution >= 0.6 is 0 Å². The second-order valence-electron chi connectivity index (χ2n) is 7.71. The molecule has 33 heavy (non-hydrogen) atoms. The maximum Gasteiger partial charge on any atom is 0.340 e. The van der Waals surface area contributed by atoms with Crippen LogP contribution in [-0.4, -0.2) is 65.8 Å². The second-order valence-corrected chi connectivity index (χ2v) is 7.71. The number of benzene rings is 2. The van der Waals surface area contributed by atoms with Crippen molar-refractivity contribution >= 4 is 11.7 Å². The van der Waals surface area contributed by atoms with Gasteiger partial charge in [0.05, 0.1) is 12.6 Å². The Kier molecular flexibility index (Phi) is 7.13. The van der Waals surface area contributed by atoms with Gasteiger partial charge in [-0.15, -0.1) is 0 Å². The zero-order valence-electron chi connectivity index (χ0n) is 17.6. The largest absolute Gasteiger partial charge is 0.487 e. The summed E-state index contributed by atoms with van der Waals surface area (Å²) in [5.41, 5.74) is -1.82. The number of amides is 2. The minimum atomic E-state index is -4.29. The molecule has 0 saturated carbocycles. The normalized spacial score (nSPS) is 17.4. The van der Waals surface area contributed by atoms with Gasteiger partial charge in [-0.05, 0) is 37.3 Å². The standard InChI is InChI=1S/C22H23F5N2O4/c1-14(21(32,12-30)17-4-2-3-5-18(17)23)28-10-11-29(20(28)31)15-6-8-16(9-7-15)33-13-22(26,27)19(24)25/h2-9,14,19,30,32H,10-13H2,1H3/t14-,21-/m1/s1. The van der Waals surface area contributed by atoms with Gasteiger partial charge in [0.25, 0.3) is 0 Å². The van der Waals surface area contributed by atoms with Crippen LogP contribution in [0.15, 0.2) is 48.5 Å². The minimum absolute atomic E-state index is 0.0786. The number of nitrogens with zero attached hydrogens (tertiary/aromatic N) is 2. The van der Waals surface area contributed by atoms with Crippen LogP contribution in [-0.2, 0) is 5.60 Å². The number of aliphatic hydroxyl groups is 2. The van der Waals surface area contributed by atoms with Gasteiger partial charge in [-0.1, -0.05) is 18.2 Å². The molecule has 0 spiro atoms. The molecule has 1 saturated heterocycles. The van der Waals surface area contributed by atoms with E-state index in [4.69, 9.17) is 4.74 Å². The average molecular weight is 474 g/mol. The Morgan fingerprint density at radius 2 is 1.73 bits per heavy atom. The number of hydrogen-bond donors (Lipinski definition) is 2. The molecule has 1 aliphatic heterocycles. The fourth-order valence-corrected chi connectivity index (χ4v) is 3.63. The predicted molar refractivity (Wildman–Crippen MR) is 109 cm³/mol. The van der Waals surface area contributed by atoms with Crippen molar-refractivity contribution in [3.8, 4) is 5.75 Å². The molecule has 0 aromatic heterocycles. The SMILES string of the molecule is C[C@@H](N1CCN(c2ccc(OCC(F)(F)C(F)F)cc2)C1=O)[C@](O)(CO)c1ccccc1F. The smallest absolute Gasteiger partial charge is 0.340 e. The van der Waals surface area contributed by atoms with Crippen molar-refractivity contribution < 1.29 is 41.7 Å². The van der Waals surface area contributed by atoms with Crippen LogP contribution in [0.3, 0.4) is 0 Å². The lowest BCUT2D eigenvalue weighted by molar-refractivity contribution is -0.148. The number of ether oxygens (including phenoxy) is 1. The Bertz CT molecular complexity index is 976. The van der Waals surface area contributed by atoms with E-state index >= 15 is 0 Å². The van der Waals surface area contributed by atoms with Crippen molar-refractivity contribution in [2.75, 3.05) is 31.2 Å². The number of halogens is 5. The third-order valence-electron chi connectivity index (χ3n) is 5.68. The lowest BCUT2D eigenvalue weighted by Gasteiger charge is -2.38. The molecule has 0 aliphatic carbocycles. The van der Waals surface area contributed by atoms with Crippen LogP contribution in [0, 0.1) is 5.82 Å². The fraction of sp³-hybridized carbons (Fsp3) is 0.409. The fourth-order valence-electron chi connectivity index (χ4n) is 3.63. The molecule has 11 heteroatoms. The summed E-state index contributed by atoms with van der Waals surface area (Å²) in [4.78, 5) is 15.6. The molecule has 2 amide bonds. The van der Waals surface area contributed by atoms with E-state index in [0.29, 0.717) is 5.69 Å². The summed E-state index contributed by atoms with van der Waals surface area (Å²) in [5, 5.41) is 20.9. The summed E-state index contributed by atoms with van der Waals surface area (Å²) in [7, 11) is 0. The van der Waals surface area contributed by atoms with Gasteiger partial charge in [0.15, 0.2) is 6.61 Å². The molecule has 3 rings (SSSR count). The van der Waals surface area contributed by atoms with Crippen LogP contribution < -0.4 is 9.64 Å². The Labute approximate surface area is 186 Å². The molecule has 0 unspecified atom stereocenters. The highest BCUT2D eigenvalue weighted by atomic mass is 19.3. The number of carbonyl (C=O) groups is 1. The molecular formula is C22H23F5N2O4. The van der Waals surface area contributed by atoms with Crippen LogP contribution in [0.25, 0.3) is 0 Å². The maximum atomic E-state index is 14.3. The lowest BCUT2D eigenvalue weighted by atomic mass is 9.86. The number of urea groups is 1. The molecule has 2 aromatic carbocycles. The van der Waals surface area contributed by atoms with Gasteiger partial charge < -0.3 is 19.8 Å². The third kappa shape index (κ3) is 4.88. The first kappa shape index (κ1) is 24.7. The van der Waals surface area contributed by atoms with Gasteiger partial charge in [-0.2, -0.15) is 8.78 Å². The van der Waals surface area contributed by atoms with Gasteiger partial charge in [-0.25, -0.2) is 18.0 Å². The molecule has 1 aliphatic rings. The quantitative estimate of drug-likeness (QED) is 0.545. The number of hydrogen-bond acceptors (Lipinski definition) is 4. The predicted octanol–water partition coefficient (Wildman–Crippen LogP) is 3.62. The molecule has 2 aromatic rings. The Balaban J connectivity index is 1.72. The summed E-state index contributed by atoms with van der Waals surface area (Å²) in [6.07, 6.45) is -3.85. The Morgan fingerprint density at radius 1 is 1.09 bits per heavy atom. The van der Waals surface area contributed by atoms with Crippen molar-refractivity contribution in [3.05, 3.63) is 59.9 Å². The number of aliphatic hydroxyl groups excluding tert-OH is 1. The molecule has 2 atom stereocenters. The zero-order valence-corrected chi connectivity index (χ0v) is 17.6. The molecular weight excluding hydrogens is 451 g/mol. The van der Waals surface area contributed by atoms with Gasteiger partial charge in [0.2, 0.25) is 0 Å². The van der Waals surface area contributed by atoms with E-state index in [2.05, 4.69) is 0 Å². The highest BCUT2D eigenvalue weighted by Gasteiger charge is 2.45. The molecule has 0 radical (unpaired) electrons. The number of rotatable bonds is 9. The van der Waals surface area contributed by atoms with Crippen LogP contribution in [0.5, 0.6) is 5.75 Å². The molecule has 1 heterocycles.